The number of hydrogen-bond donors (Lipinski definition) is 1. The van der Waals surface area contributed by atoms with Crippen molar-refractivity contribution in [2.75, 3.05) is 11.1 Å². The van der Waals surface area contributed by atoms with Gasteiger partial charge in [0, 0.05) is 27.7 Å². The summed E-state index contributed by atoms with van der Waals surface area (Å²) in [5.41, 5.74) is 1.66. The van der Waals surface area contributed by atoms with E-state index >= 15 is 0 Å². The lowest BCUT2D eigenvalue weighted by atomic mass is 10.2. The van der Waals surface area contributed by atoms with Crippen molar-refractivity contribution >= 4 is 67.0 Å². The smallest absolute Gasteiger partial charge is 0.263 e. The van der Waals surface area contributed by atoms with Crippen LogP contribution in [0.15, 0.2) is 50.9 Å². The van der Waals surface area contributed by atoms with E-state index in [2.05, 4.69) is 21.9 Å². The van der Waals surface area contributed by atoms with E-state index in [1.165, 1.54) is 34.4 Å². The molecule has 0 bridgehead atoms. The van der Waals surface area contributed by atoms with E-state index in [9.17, 15) is 9.59 Å². The Balaban J connectivity index is 1.63. The molecule has 4 rings (SSSR count). The van der Waals surface area contributed by atoms with Gasteiger partial charge in [-0.15, -0.1) is 40.6 Å². The summed E-state index contributed by atoms with van der Waals surface area (Å²) in [5, 5.41) is 10.3. The summed E-state index contributed by atoms with van der Waals surface area (Å²) < 4.78 is 1.57. The van der Waals surface area contributed by atoms with E-state index < -0.39 is 0 Å². The lowest BCUT2D eigenvalue weighted by molar-refractivity contribution is -0.113. The zero-order chi connectivity index (χ0) is 20.4. The molecule has 0 unspecified atom stereocenters. The third kappa shape index (κ3) is 4.20. The number of nitrogens with one attached hydrogen (secondary N) is 1. The van der Waals surface area contributed by atoms with E-state index in [-0.39, 0.29) is 17.2 Å². The SMILES string of the molecule is C=CCn1c(SCC(=O)Nc2nc(C)cs2)nc2scc(-c3cccs3)c2c1=O. The van der Waals surface area contributed by atoms with E-state index in [0.717, 1.165) is 16.1 Å². The third-order valence-electron chi connectivity index (χ3n) is 3.95. The highest BCUT2D eigenvalue weighted by atomic mass is 32.2. The summed E-state index contributed by atoms with van der Waals surface area (Å²) in [7, 11) is 0. The molecule has 1 amide bonds. The highest BCUT2D eigenvalue weighted by Crippen LogP contribution is 2.34. The fourth-order valence-electron chi connectivity index (χ4n) is 2.72. The number of thioether (sulfide) groups is 1. The minimum Gasteiger partial charge on any atom is -0.301 e. The van der Waals surface area contributed by atoms with Crippen molar-refractivity contribution in [1.29, 1.82) is 0 Å². The maximum atomic E-state index is 13.2. The van der Waals surface area contributed by atoms with Crippen molar-refractivity contribution in [2.45, 2.75) is 18.6 Å². The number of nitrogens with zero attached hydrogens (tertiary/aromatic N) is 3. The quantitative estimate of drug-likeness (QED) is 0.242. The Bertz CT molecular complexity index is 1240. The highest BCUT2D eigenvalue weighted by molar-refractivity contribution is 7.99. The number of hydrogen-bond acceptors (Lipinski definition) is 8. The minimum atomic E-state index is -0.186. The van der Waals surface area contributed by atoms with Crippen LogP contribution in [0.4, 0.5) is 5.13 Å². The summed E-state index contributed by atoms with van der Waals surface area (Å²) in [6.45, 7) is 5.96. The molecule has 0 atom stereocenters. The van der Waals surface area contributed by atoms with Crippen LogP contribution < -0.4 is 10.9 Å². The summed E-state index contributed by atoms with van der Waals surface area (Å²) in [6.07, 6.45) is 1.66. The van der Waals surface area contributed by atoms with Gasteiger partial charge in [-0.2, -0.15) is 0 Å². The van der Waals surface area contributed by atoms with Crippen LogP contribution in [0.2, 0.25) is 0 Å². The normalized spacial score (nSPS) is 11.1. The van der Waals surface area contributed by atoms with Gasteiger partial charge < -0.3 is 5.32 Å². The number of carbonyl (C=O) groups is 1. The van der Waals surface area contributed by atoms with Crippen LogP contribution >= 0.6 is 45.8 Å². The highest BCUT2D eigenvalue weighted by Gasteiger charge is 2.18. The molecule has 0 saturated heterocycles. The molecular formula is C19H16N4O2S4. The lowest BCUT2D eigenvalue weighted by Crippen LogP contribution is -2.23. The molecule has 4 aromatic rings. The van der Waals surface area contributed by atoms with Crippen molar-refractivity contribution in [3.8, 4) is 10.4 Å². The van der Waals surface area contributed by atoms with Gasteiger partial charge in [0.1, 0.15) is 4.83 Å². The zero-order valence-electron chi connectivity index (χ0n) is 15.4. The van der Waals surface area contributed by atoms with Crippen molar-refractivity contribution in [1.82, 2.24) is 14.5 Å². The van der Waals surface area contributed by atoms with Crippen molar-refractivity contribution in [3.05, 3.63) is 57.0 Å². The van der Waals surface area contributed by atoms with Gasteiger partial charge in [0.05, 0.1) is 16.8 Å². The first-order valence-electron chi connectivity index (χ1n) is 8.58. The fraction of sp³-hybridized carbons (Fsp3) is 0.158. The molecule has 1 N–H and O–H groups in total. The first-order valence-corrected chi connectivity index (χ1v) is 12.2. The molecule has 6 nitrogen and oxygen atoms in total. The molecule has 0 fully saturated rings. The van der Waals surface area contributed by atoms with Crippen LogP contribution in [-0.4, -0.2) is 26.2 Å². The van der Waals surface area contributed by atoms with E-state index in [1.54, 1.807) is 22.0 Å². The summed E-state index contributed by atoms with van der Waals surface area (Å²) in [4.78, 5) is 36.1. The Hall–Kier alpha value is -2.27. The Morgan fingerprint density at radius 2 is 2.17 bits per heavy atom. The maximum absolute atomic E-state index is 13.2. The fourth-order valence-corrected chi connectivity index (χ4v) is 6.03. The lowest BCUT2D eigenvalue weighted by Gasteiger charge is -2.10. The molecule has 0 aliphatic heterocycles. The Morgan fingerprint density at radius 1 is 1.31 bits per heavy atom. The van der Waals surface area contributed by atoms with Crippen LogP contribution in [0.5, 0.6) is 0 Å². The number of anilines is 1. The number of allylic oxidation sites excluding steroid dienone is 1. The standard InChI is InChI=1S/C19H16N4O2S4/c1-3-6-23-17(25)15-12(13-5-4-7-26-13)9-27-16(15)22-19(23)29-10-14(24)21-18-20-11(2)8-28-18/h3-5,7-9H,1,6,10H2,2H3,(H,20,21,24). The molecule has 0 aliphatic carbocycles. The zero-order valence-corrected chi connectivity index (χ0v) is 18.6. The first kappa shape index (κ1) is 20.0. The average molecular weight is 461 g/mol. The molecule has 10 heteroatoms. The van der Waals surface area contributed by atoms with Gasteiger partial charge in [-0.05, 0) is 18.4 Å². The van der Waals surface area contributed by atoms with E-state index in [1.807, 2.05) is 35.2 Å². The number of aromatic nitrogens is 3. The number of carbonyl (C=O) groups excluding carboxylic acids is 1. The Morgan fingerprint density at radius 3 is 2.86 bits per heavy atom. The summed E-state index contributed by atoms with van der Waals surface area (Å²) >= 11 is 5.65. The molecule has 0 spiro atoms. The van der Waals surface area contributed by atoms with Crippen LogP contribution in [0.1, 0.15) is 5.69 Å². The topological polar surface area (TPSA) is 76.9 Å². The molecule has 0 saturated carbocycles. The molecule has 0 aliphatic rings. The van der Waals surface area contributed by atoms with Gasteiger partial charge in [-0.1, -0.05) is 23.9 Å². The number of thiazole rings is 1. The van der Waals surface area contributed by atoms with Gasteiger partial charge >= 0.3 is 0 Å². The van der Waals surface area contributed by atoms with Crippen LogP contribution in [0.3, 0.4) is 0 Å². The molecule has 29 heavy (non-hydrogen) atoms. The van der Waals surface area contributed by atoms with Crippen LogP contribution in [0, 0.1) is 6.92 Å². The largest absolute Gasteiger partial charge is 0.301 e. The van der Waals surface area contributed by atoms with Gasteiger partial charge in [0.2, 0.25) is 5.91 Å². The maximum Gasteiger partial charge on any atom is 0.263 e. The van der Waals surface area contributed by atoms with Gasteiger partial charge in [0.25, 0.3) is 5.56 Å². The Kier molecular flexibility index (Phi) is 5.95. The summed E-state index contributed by atoms with van der Waals surface area (Å²) in [5.74, 6) is -0.0500. The van der Waals surface area contributed by atoms with Crippen LogP contribution in [0.25, 0.3) is 20.7 Å². The third-order valence-corrected chi connectivity index (χ3v) is 7.58. The van der Waals surface area contributed by atoms with E-state index in [0.29, 0.717) is 27.0 Å². The van der Waals surface area contributed by atoms with Crippen molar-refractivity contribution in [2.24, 2.45) is 0 Å². The Labute approximate surface area is 183 Å². The van der Waals surface area contributed by atoms with Crippen LogP contribution in [-0.2, 0) is 11.3 Å². The second kappa shape index (κ2) is 8.62. The molecular weight excluding hydrogens is 445 g/mol. The van der Waals surface area contributed by atoms with Crippen molar-refractivity contribution in [3.63, 3.8) is 0 Å². The molecule has 148 valence electrons. The van der Waals surface area contributed by atoms with Gasteiger partial charge in [-0.25, -0.2) is 9.97 Å². The monoisotopic (exact) mass is 460 g/mol. The molecule has 0 radical (unpaired) electrons. The van der Waals surface area contributed by atoms with E-state index in [4.69, 9.17) is 0 Å². The number of amides is 1. The number of rotatable bonds is 7. The number of thiophene rings is 2. The first-order chi connectivity index (χ1) is 14.1. The molecule has 4 aromatic heterocycles. The predicted molar refractivity (Wildman–Crippen MR) is 124 cm³/mol. The van der Waals surface area contributed by atoms with Gasteiger partial charge in [0.15, 0.2) is 10.3 Å². The number of fused-ring (bicyclic) bond motifs is 1. The number of aryl methyl sites for hydroxylation is 1. The van der Waals surface area contributed by atoms with Crippen molar-refractivity contribution < 1.29 is 4.79 Å². The second-order valence-electron chi connectivity index (χ2n) is 6.04. The summed E-state index contributed by atoms with van der Waals surface area (Å²) in [6, 6.07) is 3.96. The molecule has 4 heterocycles. The minimum absolute atomic E-state index is 0.113. The average Bonchev–Trinajstić information content (AvgIpc) is 3.43. The predicted octanol–water partition coefficient (Wildman–Crippen LogP) is 4.87. The second-order valence-corrected chi connectivity index (χ2v) is 9.64. The molecule has 0 aromatic carbocycles. The van der Waals surface area contributed by atoms with Gasteiger partial charge in [-0.3, -0.25) is 14.2 Å².